The average molecular weight is 193 g/mol. The summed E-state index contributed by atoms with van der Waals surface area (Å²) in [6.45, 7) is 2.15. The summed E-state index contributed by atoms with van der Waals surface area (Å²) < 4.78 is 0. The van der Waals surface area contributed by atoms with Crippen molar-refractivity contribution in [1.82, 2.24) is 16.4 Å². The second kappa shape index (κ2) is 7.51. The third-order valence-corrected chi connectivity index (χ3v) is 1.53. The van der Waals surface area contributed by atoms with Crippen molar-refractivity contribution in [2.45, 2.75) is 25.7 Å². The van der Waals surface area contributed by atoms with Crippen LogP contribution in [-0.4, -0.2) is 13.1 Å². The van der Waals surface area contributed by atoms with Crippen LogP contribution in [0, 0.1) is 0 Å². The Labute approximate surface area is 72.7 Å². The molecule has 3 N–H and O–H groups in total. The van der Waals surface area contributed by atoms with Crippen LogP contribution in [0.2, 0.25) is 0 Å². The monoisotopic (exact) mass is 192 g/mol. The minimum atomic E-state index is 0. The normalized spacial score (nSPS) is 21.6. The van der Waals surface area contributed by atoms with E-state index in [0.717, 1.165) is 13.1 Å². The molecule has 1 radical (unpaired) electrons. The van der Waals surface area contributed by atoms with Gasteiger partial charge in [0.05, 0.1) is 0 Å². The number of hydrogen-bond donors (Lipinski definition) is 3. The molecule has 0 unspecified atom stereocenters. The van der Waals surface area contributed by atoms with Gasteiger partial charge in [-0.05, 0) is 12.8 Å². The van der Waals surface area contributed by atoms with Gasteiger partial charge in [0.25, 0.3) is 0 Å². The zero-order chi connectivity index (χ0) is 6.36. The summed E-state index contributed by atoms with van der Waals surface area (Å²) in [4.78, 5) is 0. The maximum atomic E-state index is 3.07. The molecule has 0 aromatic heterocycles. The first-order chi connectivity index (χ1) is 4.50. The van der Waals surface area contributed by atoms with E-state index in [1.54, 1.807) is 0 Å². The van der Waals surface area contributed by atoms with Gasteiger partial charge in [-0.2, -0.15) is 5.53 Å². The molecule has 0 saturated carbocycles. The Balaban J connectivity index is 0.000000810. The van der Waals surface area contributed by atoms with Crippen LogP contribution in [0.5, 0.6) is 0 Å². The molecule has 1 aliphatic rings. The fraction of sp³-hybridized carbons (Fsp3) is 1.00. The van der Waals surface area contributed by atoms with Gasteiger partial charge in [-0.1, -0.05) is 12.8 Å². The number of hydrogen-bond acceptors (Lipinski definition) is 3. The standard InChI is InChI=1S/C6H15N3.Cu/c1-2-4-6-8-9-7-5-3-1;/h7-9H,1-6H2;. The fourth-order valence-electron chi connectivity index (χ4n) is 0.968. The zero-order valence-corrected chi connectivity index (χ0v) is 6.99. The van der Waals surface area contributed by atoms with Crippen molar-refractivity contribution in [2.24, 2.45) is 0 Å². The molecule has 0 atom stereocenters. The van der Waals surface area contributed by atoms with Crippen molar-refractivity contribution in [3.63, 3.8) is 0 Å². The fourth-order valence-corrected chi connectivity index (χ4v) is 0.968. The summed E-state index contributed by atoms with van der Waals surface area (Å²) in [5, 5.41) is 0. The second-order valence-corrected chi connectivity index (χ2v) is 2.39. The van der Waals surface area contributed by atoms with E-state index in [2.05, 4.69) is 16.4 Å². The second-order valence-electron chi connectivity index (χ2n) is 2.39. The summed E-state index contributed by atoms with van der Waals surface area (Å²) in [7, 11) is 0. The molecule has 1 fully saturated rings. The Morgan fingerprint density at radius 3 is 1.70 bits per heavy atom. The molecule has 1 aliphatic heterocycles. The Hall–Kier alpha value is 0.399. The van der Waals surface area contributed by atoms with E-state index >= 15 is 0 Å². The van der Waals surface area contributed by atoms with Crippen LogP contribution in [-0.2, 0) is 17.1 Å². The predicted molar refractivity (Wildman–Crippen MR) is 37.6 cm³/mol. The Morgan fingerprint density at radius 2 is 1.20 bits per heavy atom. The van der Waals surface area contributed by atoms with Crippen LogP contribution in [0.3, 0.4) is 0 Å². The van der Waals surface area contributed by atoms with Gasteiger partial charge in [-0.25, -0.2) is 10.9 Å². The topological polar surface area (TPSA) is 36.1 Å². The molecule has 65 valence electrons. The minimum absolute atomic E-state index is 0. The molecule has 0 aromatic carbocycles. The average Bonchev–Trinajstić information content (AvgIpc) is 2.00. The maximum absolute atomic E-state index is 3.07. The van der Waals surface area contributed by atoms with Gasteiger partial charge in [0.1, 0.15) is 0 Å². The molecule has 10 heavy (non-hydrogen) atoms. The zero-order valence-electron chi connectivity index (χ0n) is 6.04. The van der Waals surface area contributed by atoms with E-state index in [1.165, 1.54) is 25.7 Å². The van der Waals surface area contributed by atoms with E-state index in [0.29, 0.717) is 0 Å². The SMILES string of the molecule is C1CCCNNNCC1.[Cu]. The molecule has 4 heteroatoms. The molecule has 3 nitrogen and oxygen atoms in total. The summed E-state index contributed by atoms with van der Waals surface area (Å²) in [6.07, 6.45) is 5.29. The van der Waals surface area contributed by atoms with Crippen molar-refractivity contribution < 1.29 is 17.1 Å². The quantitative estimate of drug-likeness (QED) is 0.479. The number of rotatable bonds is 0. The van der Waals surface area contributed by atoms with E-state index in [1.807, 2.05) is 0 Å². The van der Waals surface area contributed by atoms with Crippen LogP contribution in [0.1, 0.15) is 25.7 Å². The molecule has 1 rings (SSSR count). The molecule has 0 aromatic rings. The van der Waals surface area contributed by atoms with Crippen molar-refractivity contribution in [2.75, 3.05) is 13.1 Å². The van der Waals surface area contributed by atoms with E-state index < -0.39 is 0 Å². The van der Waals surface area contributed by atoms with Gasteiger partial charge >= 0.3 is 0 Å². The van der Waals surface area contributed by atoms with Gasteiger partial charge in [0.15, 0.2) is 0 Å². The third kappa shape index (κ3) is 5.21. The van der Waals surface area contributed by atoms with Gasteiger partial charge in [0, 0.05) is 30.2 Å². The van der Waals surface area contributed by atoms with Crippen LogP contribution in [0.25, 0.3) is 0 Å². The van der Waals surface area contributed by atoms with Gasteiger partial charge in [0.2, 0.25) is 0 Å². The van der Waals surface area contributed by atoms with Crippen molar-refractivity contribution in [1.29, 1.82) is 0 Å². The van der Waals surface area contributed by atoms with Crippen LogP contribution in [0.15, 0.2) is 0 Å². The molecule has 0 spiro atoms. The summed E-state index contributed by atoms with van der Waals surface area (Å²) in [5.41, 5.74) is 9.06. The van der Waals surface area contributed by atoms with E-state index in [9.17, 15) is 0 Å². The molecule has 0 amide bonds. The van der Waals surface area contributed by atoms with E-state index in [-0.39, 0.29) is 17.1 Å². The Kier molecular flexibility index (Phi) is 7.81. The summed E-state index contributed by atoms with van der Waals surface area (Å²) >= 11 is 0. The van der Waals surface area contributed by atoms with Gasteiger partial charge < -0.3 is 0 Å². The number of hydrazine groups is 2. The van der Waals surface area contributed by atoms with Crippen LogP contribution >= 0.6 is 0 Å². The maximum Gasteiger partial charge on any atom is 0.0113 e. The predicted octanol–water partition coefficient (Wildman–Crippen LogP) is 0.157. The minimum Gasteiger partial charge on any atom is -0.244 e. The van der Waals surface area contributed by atoms with Crippen molar-refractivity contribution in [3.05, 3.63) is 0 Å². The Bertz CT molecular complexity index is 41.5. The first kappa shape index (κ1) is 10.4. The molecule has 1 saturated heterocycles. The first-order valence-electron chi connectivity index (χ1n) is 3.71. The molecular weight excluding hydrogens is 178 g/mol. The van der Waals surface area contributed by atoms with Crippen LogP contribution in [0.4, 0.5) is 0 Å². The third-order valence-electron chi connectivity index (χ3n) is 1.53. The van der Waals surface area contributed by atoms with Gasteiger partial charge in [-0.3, -0.25) is 0 Å². The Morgan fingerprint density at radius 1 is 0.700 bits per heavy atom. The summed E-state index contributed by atoms with van der Waals surface area (Å²) in [5.74, 6) is 0. The van der Waals surface area contributed by atoms with Crippen molar-refractivity contribution in [3.8, 4) is 0 Å². The summed E-state index contributed by atoms with van der Waals surface area (Å²) in [6, 6.07) is 0. The molecule has 1 heterocycles. The largest absolute Gasteiger partial charge is 0.244 e. The van der Waals surface area contributed by atoms with Crippen LogP contribution < -0.4 is 16.4 Å². The molecule has 0 aliphatic carbocycles. The van der Waals surface area contributed by atoms with E-state index in [4.69, 9.17) is 0 Å². The molecule has 0 bridgehead atoms. The number of nitrogens with one attached hydrogen (secondary N) is 3. The van der Waals surface area contributed by atoms with Gasteiger partial charge in [-0.15, -0.1) is 0 Å². The van der Waals surface area contributed by atoms with Crippen molar-refractivity contribution >= 4 is 0 Å². The smallest absolute Gasteiger partial charge is 0.0113 e. The molecular formula is C6H15CuN3. The first-order valence-corrected chi connectivity index (χ1v) is 3.71.